The molecule has 0 aliphatic heterocycles. The minimum Gasteiger partial charge on any atom is -0.465 e. The maximum absolute atomic E-state index is 11.5. The average molecular weight is 206 g/mol. The maximum atomic E-state index is 11.5. The fourth-order valence-corrected chi connectivity index (χ4v) is 1.14. The number of aromatic nitrogens is 1. The first-order valence-corrected chi connectivity index (χ1v) is 4.52. The molecule has 0 spiro atoms. The minimum atomic E-state index is -0.364. The van der Waals surface area contributed by atoms with Gasteiger partial charge < -0.3 is 9.64 Å². The molecule has 0 saturated heterocycles. The molecule has 1 aromatic rings. The van der Waals surface area contributed by atoms with E-state index in [1.807, 2.05) is 20.2 Å². The Morgan fingerprint density at radius 1 is 1.53 bits per heavy atom. The summed E-state index contributed by atoms with van der Waals surface area (Å²) in [6, 6.07) is 3.60. The van der Waals surface area contributed by atoms with Crippen LogP contribution in [-0.4, -0.2) is 37.1 Å². The van der Waals surface area contributed by atoms with E-state index >= 15 is 0 Å². The van der Waals surface area contributed by atoms with E-state index in [1.165, 1.54) is 7.11 Å². The Morgan fingerprint density at radius 3 is 2.73 bits per heavy atom. The van der Waals surface area contributed by atoms with Gasteiger partial charge in [-0.25, -0.2) is 4.79 Å². The lowest BCUT2D eigenvalue weighted by atomic mass is 10.1. The minimum absolute atomic E-state index is 0.364. The number of carbonyl (C=O) groups is 1. The summed E-state index contributed by atoms with van der Waals surface area (Å²) in [6.07, 6.45) is 5.00. The van der Waals surface area contributed by atoms with E-state index in [2.05, 4.69) is 4.98 Å². The molecule has 0 aromatic carbocycles. The molecule has 0 unspecified atom stereocenters. The molecule has 15 heavy (non-hydrogen) atoms. The van der Waals surface area contributed by atoms with Gasteiger partial charge in [-0.3, -0.25) is 4.98 Å². The van der Waals surface area contributed by atoms with Crippen LogP contribution in [0.4, 0.5) is 0 Å². The first kappa shape index (κ1) is 11.2. The van der Waals surface area contributed by atoms with E-state index in [0.29, 0.717) is 5.57 Å². The Kier molecular flexibility index (Phi) is 3.85. The van der Waals surface area contributed by atoms with Crippen LogP contribution >= 0.6 is 0 Å². The number of rotatable bonds is 3. The van der Waals surface area contributed by atoms with E-state index in [9.17, 15) is 4.79 Å². The smallest absolute Gasteiger partial charge is 0.340 e. The second kappa shape index (κ2) is 5.14. The number of carbonyl (C=O) groups excluding carboxylic acids is 1. The molecule has 0 N–H and O–H groups in total. The van der Waals surface area contributed by atoms with Crippen LogP contribution in [0.3, 0.4) is 0 Å². The van der Waals surface area contributed by atoms with Crippen LogP contribution < -0.4 is 0 Å². The maximum Gasteiger partial charge on any atom is 0.340 e. The molecule has 0 fully saturated rings. The molecule has 0 radical (unpaired) electrons. The second-order valence-electron chi connectivity index (χ2n) is 3.24. The third-order valence-electron chi connectivity index (χ3n) is 1.77. The van der Waals surface area contributed by atoms with Gasteiger partial charge in [-0.1, -0.05) is 6.07 Å². The zero-order chi connectivity index (χ0) is 11.3. The molecule has 0 bridgehead atoms. The third kappa shape index (κ3) is 3.09. The summed E-state index contributed by atoms with van der Waals surface area (Å²) in [5.74, 6) is -0.364. The van der Waals surface area contributed by atoms with Crippen LogP contribution in [0.5, 0.6) is 0 Å². The van der Waals surface area contributed by atoms with Crippen molar-refractivity contribution in [1.29, 1.82) is 0 Å². The van der Waals surface area contributed by atoms with Crippen molar-refractivity contribution in [3.63, 3.8) is 0 Å². The van der Waals surface area contributed by atoms with Crippen LogP contribution in [-0.2, 0) is 9.53 Å². The van der Waals surface area contributed by atoms with Gasteiger partial charge in [-0.15, -0.1) is 0 Å². The molecule has 0 atom stereocenters. The van der Waals surface area contributed by atoms with Crippen molar-refractivity contribution >= 4 is 11.5 Å². The monoisotopic (exact) mass is 206 g/mol. The lowest BCUT2D eigenvalue weighted by molar-refractivity contribution is -0.133. The average Bonchev–Trinajstić information content (AvgIpc) is 2.26. The van der Waals surface area contributed by atoms with E-state index < -0.39 is 0 Å². The molecule has 0 amide bonds. The number of hydrogen-bond acceptors (Lipinski definition) is 4. The Morgan fingerprint density at radius 2 is 2.27 bits per heavy atom. The highest BCUT2D eigenvalue weighted by atomic mass is 16.5. The van der Waals surface area contributed by atoms with Gasteiger partial charge in [-0.2, -0.15) is 0 Å². The van der Waals surface area contributed by atoms with Crippen molar-refractivity contribution in [3.8, 4) is 0 Å². The zero-order valence-electron chi connectivity index (χ0n) is 9.10. The van der Waals surface area contributed by atoms with Gasteiger partial charge in [0.05, 0.1) is 12.7 Å². The number of methoxy groups -OCH3 is 1. The normalized spacial score (nSPS) is 11.0. The predicted octanol–water partition coefficient (Wildman–Crippen LogP) is 1.16. The van der Waals surface area contributed by atoms with Gasteiger partial charge in [0, 0.05) is 38.3 Å². The molecule has 80 valence electrons. The molecule has 4 nitrogen and oxygen atoms in total. The van der Waals surface area contributed by atoms with Crippen molar-refractivity contribution in [3.05, 3.63) is 36.3 Å². The van der Waals surface area contributed by atoms with E-state index in [4.69, 9.17) is 4.74 Å². The van der Waals surface area contributed by atoms with Crippen molar-refractivity contribution in [1.82, 2.24) is 9.88 Å². The molecule has 1 aromatic heterocycles. The van der Waals surface area contributed by atoms with Crippen LogP contribution in [0.25, 0.3) is 5.57 Å². The van der Waals surface area contributed by atoms with Gasteiger partial charge in [0.15, 0.2) is 0 Å². The van der Waals surface area contributed by atoms with Gasteiger partial charge in [0.2, 0.25) is 0 Å². The van der Waals surface area contributed by atoms with Gasteiger partial charge in [0.1, 0.15) is 0 Å². The number of pyridine rings is 1. The largest absolute Gasteiger partial charge is 0.465 e. The molecule has 4 heteroatoms. The fraction of sp³-hybridized carbons (Fsp3) is 0.273. The fourth-order valence-electron chi connectivity index (χ4n) is 1.14. The Hall–Kier alpha value is -1.84. The molecule has 1 rings (SSSR count). The molecular weight excluding hydrogens is 192 g/mol. The van der Waals surface area contributed by atoms with Crippen LogP contribution in [0, 0.1) is 0 Å². The van der Waals surface area contributed by atoms with Gasteiger partial charge in [-0.05, 0) is 6.07 Å². The summed E-state index contributed by atoms with van der Waals surface area (Å²) in [5.41, 5.74) is 1.24. The lowest BCUT2D eigenvalue weighted by Gasteiger charge is -2.10. The molecule has 0 aliphatic rings. The number of esters is 1. The molecule has 0 saturated carbocycles. The van der Waals surface area contributed by atoms with Crippen LogP contribution in [0.1, 0.15) is 5.56 Å². The highest BCUT2D eigenvalue weighted by Gasteiger charge is 2.12. The van der Waals surface area contributed by atoms with Gasteiger partial charge in [0.25, 0.3) is 0 Å². The predicted molar refractivity (Wildman–Crippen MR) is 57.9 cm³/mol. The summed E-state index contributed by atoms with van der Waals surface area (Å²) in [6.45, 7) is 0. The standard InChI is InChI=1S/C11H14N2O2/c1-13(2)8-10(11(14)15-3)9-5-4-6-12-7-9/h4-8H,1-3H3. The molecular formula is C11H14N2O2. The summed E-state index contributed by atoms with van der Waals surface area (Å²) in [4.78, 5) is 17.3. The Balaban J connectivity index is 3.08. The summed E-state index contributed by atoms with van der Waals surface area (Å²) < 4.78 is 4.71. The van der Waals surface area contributed by atoms with E-state index in [-0.39, 0.29) is 5.97 Å². The quantitative estimate of drug-likeness (QED) is 0.549. The van der Waals surface area contributed by atoms with Crippen LogP contribution in [0.15, 0.2) is 30.7 Å². The number of ether oxygens (including phenoxy) is 1. The van der Waals surface area contributed by atoms with E-state index in [1.54, 1.807) is 29.6 Å². The number of hydrogen-bond donors (Lipinski definition) is 0. The van der Waals surface area contributed by atoms with Gasteiger partial charge >= 0.3 is 5.97 Å². The second-order valence-corrected chi connectivity index (χ2v) is 3.24. The van der Waals surface area contributed by atoms with E-state index in [0.717, 1.165) is 5.56 Å². The highest BCUT2D eigenvalue weighted by molar-refractivity contribution is 6.16. The molecule has 1 heterocycles. The first-order chi connectivity index (χ1) is 7.15. The third-order valence-corrected chi connectivity index (χ3v) is 1.77. The summed E-state index contributed by atoms with van der Waals surface area (Å²) in [7, 11) is 5.06. The summed E-state index contributed by atoms with van der Waals surface area (Å²) >= 11 is 0. The summed E-state index contributed by atoms with van der Waals surface area (Å²) in [5, 5.41) is 0. The topological polar surface area (TPSA) is 42.4 Å². The van der Waals surface area contributed by atoms with Crippen molar-refractivity contribution in [2.45, 2.75) is 0 Å². The molecule has 0 aliphatic carbocycles. The highest BCUT2D eigenvalue weighted by Crippen LogP contribution is 2.14. The Bertz CT molecular complexity index is 358. The first-order valence-electron chi connectivity index (χ1n) is 4.52. The van der Waals surface area contributed by atoms with Crippen molar-refractivity contribution in [2.24, 2.45) is 0 Å². The lowest BCUT2D eigenvalue weighted by Crippen LogP contribution is -2.10. The van der Waals surface area contributed by atoms with Crippen molar-refractivity contribution < 1.29 is 9.53 Å². The number of nitrogens with zero attached hydrogens (tertiary/aromatic N) is 2. The Labute approximate surface area is 89.2 Å². The SMILES string of the molecule is COC(=O)C(=CN(C)C)c1cccnc1. The van der Waals surface area contributed by atoms with Crippen LogP contribution in [0.2, 0.25) is 0 Å². The zero-order valence-corrected chi connectivity index (χ0v) is 9.10. The van der Waals surface area contributed by atoms with Crippen molar-refractivity contribution in [2.75, 3.05) is 21.2 Å².